The van der Waals surface area contributed by atoms with Gasteiger partial charge in [0, 0.05) is 63.5 Å². The molecule has 180 valence electrons. The molecular formula is C26H31FN4O3. The van der Waals surface area contributed by atoms with E-state index in [1.54, 1.807) is 28.9 Å². The Balaban J connectivity index is 1.38. The number of halogens is 1. The topological polar surface area (TPSA) is 71.6 Å². The minimum Gasteiger partial charge on any atom is -0.451 e. The first kappa shape index (κ1) is 22.6. The van der Waals surface area contributed by atoms with E-state index in [0.29, 0.717) is 49.0 Å². The Bertz CT molecular complexity index is 1200. The number of fused-ring (bicyclic) bond motifs is 1. The number of carbonyl (C=O) groups excluding carboxylic acids is 2. The molecule has 2 amide bonds. The van der Waals surface area contributed by atoms with Crippen LogP contribution in [0.3, 0.4) is 0 Å². The Morgan fingerprint density at radius 2 is 2.09 bits per heavy atom. The molecule has 1 aliphatic carbocycles. The van der Waals surface area contributed by atoms with Crippen molar-refractivity contribution in [2.45, 2.75) is 64.0 Å². The van der Waals surface area contributed by atoms with Crippen molar-refractivity contribution < 1.29 is 18.4 Å². The maximum absolute atomic E-state index is 15.8. The number of aromatic nitrogens is 2. The molecule has 1 saturated heterocycles. The van der Waals surface area contributed by atoms with E-state index in [0.717, 1.165) is 31.2 Å². The Hall–Kier alpha value is -3.16. The molecule has 2 fully saturated rings. The molecule has 1 aliphatic heterocycles. The Kier molecular flexibility index (Phi) is 6.15. The van der Waals surface area contributed by atoms with Crippen LogP contribution in [0.1, 0.15) is 66.6 Å². The molecule has 1 unspecified atom stereocenters. The summed E-state index contributed by atoms with van der Waals surface area (Å²) in [4.78, 5) is 29.2. The van der Waals surface area contributed by atoms with Crippen LogP contribution in [0.5, 0.6) is 0 Å². The molecule has 2 aliphatic rings. The number of hydrogen-bond acceptors (Lipinski definition) is 4. The van der Waals surface area contributed by atoms with Crippen LogP contribution in [0.4, 0.5) is 4.39 Å². The van der Waals surface area contributed by atoms with E-state index in [2.05, 4.69) is 5.10 Å². The molecular weight excluding hydrogens is 435 g/mol. The normalized spacial score (nSPS) is 18.4. The van der Waals surface area contributed by atoms with Gasteiger partial charge in [-0.3, -0.25) is 14.3 Å². The summed E-state index contributed by atoms with van der Waals surface area (Å²) in [5, 5.41) is 4.52. The van der Waals surface area contributed by atoms with Crippen LogP contribution in [0.25, 0.3) is 11.0 Å². The fraction of sp³-hybridized carbons (Fsp3) is 0.500. The molecule has 2 aromatic heterocycles. The predicted octanol–water partition coefficient (Wildman–Crippen LogP) is 4.36. The average molecular weight is 467 g/mol. The van der Waals surface area contributed by atoms with Gasteiger partial charge in [-0.25, -0.2) is 4.39 Å². The molecule has 0 radical (unpaired) electrons. The first-order valence-corrected chi connectivity index (χ1v) is 12.2. The zero-order chi connectivity index (χ0) is 23.8. The summed E-state index contributed by atoms with van der Waals surface area (Å²) in [7, 11) is 1.77. The van der Waals surface area contributed by atoms with E-state index in [9.17, 15) is 9.59 Å². The van der Waals surface area contributed by atoms with Crippen molar-refractivity contribution in [2.24, 2.45) is 0 Å². The monoisotopic (exact) mass is 466 g/mol. The molecule has 0 spiro atoms. The molecule has 8 heteroatoms. The minimum atomic E-state index is -0.333. The zero-order valence-corrected chi connectivity index (χ0v) is 19.8. The Morgan fingerprint density at radius 3 is 2.79 bits per heavy atom. The van der Waals surface area contributed by atoms with E-state index >= 15 is 4.39 Å². The van der Waals surface area contributed by atoms with Crippen LogP contribution in [0.2, 0.25) is 0 Å². The van der Waals surface area contributed by atoms with Crippen molar-refractivity contribution >= 4 is 22.8 Å². The van der Waals surface area contributed by atoms with Crippen LogP contribution < -0.4 is 0 Å². The minimum absolute atomic E-state index is 0.0664. The maximum atomic E-state index is 15.8. The van der Waals surface area contributed by atoms with E-state index in [1.165, 1.54) is 0 Å². The third-order valence-electron chi connectivity index (χ3n) is 7.18. The van der Waals surface area contributed by atoms with Crippen molar-refractivity contribution in [1.82, 2.24) is 19.6 Å². The molecule has 1 atom stereocenters. The van der Waals surface area contributed by atoms with Gasteiger partial charge in [0.15, 0.2) is 5.76 Å². The number of furan rings is 1. The van der Waals surface area contributed by atoms with Crippen molar-refractivity contribution in [3.05, 3.63) is 53.3 Å². The molecule has 0 bridgehead atoms. The van der Waals surface area contributed by atoms with Crippen molar-refractivity contribution in [3.63, 3.8) is 0 Å². The van der Waals surface area contributed by atoms with Gasteiger partial charge in [-0.05, 0) is 55.4 Å². The fourth-order valence-corrected chi connectivity index (χ4v) is 4.99. The lowest BCUT2D eigenvalue weighted by Gasteiger charge is -2.33. The molecule has 1 saturated carbocycles. The number of piperidine rings is 1. The number of carbonyl (C=O) groups is 2. The van der Waals surface area contributed by atoms with Crippen molar-refractivity contribution in [2.75, 3.05) is 20.1 Å². The molecule has 34 heavy (non-hydrogen) atoms. The van der Waals surface area contributed by atoms with Gasteiger partial charge in [-0.2, -0.15) is 5.10 Å². The summed E-state index contributed by atoms with van der Waals surface area (Å²) < 4.78 is 23.4. The van der Waals surface area contributed by atoms with Crippen molar-refractivity contribution in [3.8, 4) is 0 Å². The van der Waals surface area contributed by atoms with Crippen LogP contribution >= 0.6 is 0 Å². The Labute approximate surface area is 198 Å². The lowest BCUT2D eigenvalue weighted by Crippen LogP contribution is -2.39. The second-order valence-corrected chi connectivity index (χ2v) is 9.49. The molecule has 0 N–H and O–H groups in total. The summed E-state index contributed by atoms with van der Waals surface area (Å²) >= 11 is 0. The second kappa shape index (κ2) is 9.24. The van der Waals surface area contributed by atoms with Crippen LogP contribution in [0, 0.1) is 5.82 Å². The number of aryl methyl sites for hydroxylation is 2. The summed E-state index contributed by atoms with van der Waals surface area (Å²) in [6.07, 6.45) is 8.24. The van der Waals surface area contributed by atoms with Gasteiger partial charge >= 0.3 is 0 Å². The van der Waals surface area contributed by atoms with Gasteiger partial charge in [0.1, 0.15) is 11.4 Å². The van der Waals surface area contributed by atoms with Gasteiger partial charge in [0.2, 0.25) is 5.91 Å². The van der Waals surface area contributed by atoms with Crippen LogP contribution in [0.15, 0.2) is 35.0 Å². The third kappa shape index (κ3) is 4.33. The highest BCUT2D eigenvalue weighted by Gasteiger charge is 2.33. The van der Waals surface area contributed by atoms with E-state index < -0.39 is 0 Å². The summed E-state index contributed by atoms with van der Waals surface area (Å²) in [5.74, 6) is -0.362. The van der Waals surface area contributed by atoms with E-state index in [1.807, 2.05) is 30.2 Å². The number of benzene rings is 1. The first-order valence-electron chi connectivity index (χ1n) is 12.2. The highest BCUT2D eigenvalue weighted by atomic mass is 19.1. The lowest BCUT2D eigenvalue weighted by molar-refractivity contribution is -0.132. The number of amides is 2. The van der Waals surface area contributed by atoms with Crippen LogP contribution in [-0.4, -0.2) is 57.6 Å². The lowest BCUT2D eigenvalue weighted by atomic mass is 9.87. The zero-order valence-electron chi connectivity index (χ0n) is 19.8. The van der Waals surface area contributed by atoms with Crippen LogP contribution in [-0.2, 0) is 17.8 Å². The third-order valence-corrected chi connectivity index (χ3v) is 7.18. The number of nitrogens with zero attached hydrogens (tertiary/aromatic N) is 4. The summed E-state index contributed by atoms with van der Waals surface area (Å²) in [5.41, 5.74) is 1.96. The predicted molar refractivity (Wildman–Crippen MR) is 126 cm³/mol. The number of rotatable bonds is 7. The van der Waals surface area contributed by atoms with Gasteiger partial charge in [0.25, 0.3) is 5.91 Å². The quantitative estimate of drug-likeness (QED) is 0.519. The average Bonchev–Trinajstić information content (AvgIpc) is 3.38. The molecule has 7 nitrogen and oxygen atoms in total. The van der Waals surface area contributed by atoms with Gasteiger partial charge in [0.05, 0.1) is 5.39 Å². The van der Waals surface area contributed by atoms with Gasteiger partial charge < -0.3 is 14.2 Å². The van der Waals surface area contributed by atoms with Crippen molar-refractivity contribution in [1.29, 1.82) is 0 Å². The van der Waals surface area contributed by atoms with Gasteiger partial charge in [-0.1, -0.05) is 6.92 Å². The molecule has 5 rings (SSSR count). The second-order valence-electron chi connectivity index (χ2n) is 9.49. The largest absolute Gasteiger partial charge is 0.451 e. The molecule has 3 aromatic rings. The highest BCUT2D eigenvalue weighted by Crippen LogP contribution is 2.37. The Morgan fingerprint density at radius 1 is 1.26 bits per heavy atom. The molecule has 3 heterocycles. The smallest absolute Gasteiger partial charge is 0.289 e. The maximum Gasteiger partial charge on any atom is 0.289 e. The number of likely N-dealkylation sites (tertiary alicyclic amines) is 1. The SMILES string of the molecule is CCc1cc(C2CCCN(C(=O)CCn3cccn3)C2)c(F)c2cc(C(=O)N(C)C3CC3)oc12. The van der Waals surface area contributed by atoms with E-state index in [4.69, 9.17) is 4.42 Å². The van der Waals surface area contributed by atoms with Gasteiger partial charge in [-0.15, -0.1) is 0 Å². The fourth-order valence-electron chi connectivity index (χ4n) is 4.99. The highest BCUT2D eigenvalue weighted by molar-refractivity contribution is 5.97. The van der Waals surface area contributed by atoms with E-state index in [-0.39, 0.29) is 35.4 Å². The standard InChI is InChI=1S/C26H31FN4O3/c1-3-17-14-20(18-6-4-11-30(16-18)23(32)9-13-31-12-5-10-28-31)24(27)21-15-22(34-25(17)21)26(33)29(2)19-7-8-19/h5,10,12,14-15,18-19H,3-4,6-9,11,13,16H2,1-2H3. The number of hydrogen-bond donors (Lipinski definition) is 0. The summed E-state index contributed by atoms with van der Waals surface area (Å²) in [6, 6.07) is 5.53. The first-order chi connectivity index (χ1) is 16.5. The summed E-state index contributed by atoms with van der Waals surface area (Å²) in [6.45, 7) is 3.73. The molecule has 1 aromatic carbocycles.